The molecule has 1 aromatic carbocycles. The minimum absolute atomic E-state index is 1.06. The second kappa shape index (κ2) is 3.29. The van der Waals surface area contributed by atoms with Crippen molar-refractivity contribution >= 4 is 16.6 Å². The number of rotatable bonds is 1. The smallest absolute Gasteiger partial charge is 0.0728 e. The van der Waals surface area contributed by atoms with Crippen LogP contribution in [0.2, 0.25) is 0 Å². The quantitative estimate of drug-likeness (QED) is 0.740. The van der Waals surface area contributed by atoms with Gasteiger partial charge in [-0.3, -0.25) is 4.98 Å². The van der Waals surface area contributed by atoms with Gasteiger partial charge in [-0.1, -0.05) is 6.07 Å². The lowest BCUT2D eigenvalue weighted by molar-refractivity contribution is 1.35. The SMILES string of the molecule is CNc1ccnc2cc(C)cc(C)c12. The summed E-state index contributed by atoms with van der Waals surface area (Å²) in [5.41, 5.74) is 4.75. The van der Waals surface area contributed by atoms with Gasteiger partial charge in [0.15, 0.2) is 0 Å². The van der Waals surface area contributed by atoms with Crippen molar-refractivity contribution in [3.8, 4) is 0 Å². The number of anilines is 1. The van der Waals surface area contributed by atoms with Gasteiger partial charge in [0.1, 0.15) is 0 Å². The highest BCUT2D eigenvalue weighted by Gasteiger charge is 2.03. The van der Waals surface area contributed by atoms with Crippen molar-refractivity contribution in [2.75, 3.05) is 12.4 Å². The molecule has 0 fully saturated rings. The number of hydrogen-bond donors (Lipinski definition) is 1. The van der Waals surface area contributed by atoms with E-state index in [1.54, 1.807) is 0 Å². The third-order valence-electron chi connectivity index (χ3n) is 2.45. The maximum atomic E-state index is 4.37. The highest BCUT2D eigenvalue weighted by Crippen LogP contribution is 2.25. The van der Waals surface area contributed by atoms with E-state index in [-0.39, 0.29) is 0 Å². The fourth-order valence-electron chi connectivity index (χ4n) is 1.88. The fourth-order valence-corrected chi connectivity index (χ4v) is 1.88. The summed E-state index contributed by atoms with van der Waals surface area (Å²) in [6.45, 7) is 4.22. The third kappa shape index (κ3) is 1.33. The first-order valence-electron chi connectivity index (χ1n) is 4.76. The Labute approximate surface area is 84.0 Å². The molecule has 0 aliphatic rings. The predicted molar refractivity (Wildman–Crippen MR) is 60.8 cm³/mol. The van der Waals surface area contributed by atoms with Crippen molar-refractivity contribution in [2.24, 2.45) is 0 Å². The molecule has 1 heterocycles. The van der Waals surface area contributed by atoms with Crippen molar-refractivity contribution in [3.05, 3.63) is 35.5 Å². The van der Waals surface area contributed by atoms with Crippen LogP contribution in [-0.4, -0.2) is 12.0 Å². The number of aromatic nitrogens is 1. The Morgan fingerprint density at radius 1 is 1.21 bits per heavy atom. The fraction of sp³-hybridized carbons (Fsp3) is 0.250. The zero-order chi connectivity index (χ0) is 10.1. The Kier molecular flexibility index (Phi) is 2.12. The number of benzene rings is 1. The minimum atomic E-state index is 1.06. The Balaban J connectivity index is 2.87. The second-order valence-electron chi connectivity index (χ2n) is 3.58. The zero-order valence-corrected chi connectivity index (χ0v) is 8.76. The highest BCUT2D eigenvalue weighted by molar-refractivity contribution is 5.94. The number of nitrogens with zero attached hydrogens (tertiary/aromatic N) is 1. The van der Waals surface area contributed by atoms with Gasteiger partial charge in [-0.2, -0.15) is 0 Å². The summed E-state index contributed by atoms with van der Waals surface area (Å²) in [4.78, 5) is 4.37. The number of pyridine rings is 1. The molecule has 0 atom stereocenters. The molecule has 0 aliphatic heterocycles. The first-order valence-corrected chi connectivity index (χ1v) is 4.76. The molecule has 0 bridgehead atoms. The Morgan fingerprint density at radius 2 is 2.00 bits per heavy atom. The van der Waals surface area contributed by atoms with Crippen molar-refractivity contribution in [3.63, 3.8) is 0 Å². The van der Waals surface area contributed by atoms with E-state index in [1.807, 2.05) is 19.3 Å². The average molecular weight is 186 g/mol. The molecule has 2 rings (SSSR count). The predicted octanol–water partition coefficient (Wildman–Crippen LogP) is 2.89. The largest absolute Gasteiger partial charge is 0.388 e. The molecule has 0 radical (unpaired) electrons. The first kappa shape index (κ1) is 9.00. The van der Waals surface area contributed by atoms with E-state index in [1.165, 1.54) is 16.5 Å². The summed E-state index contributed by atoms with van der Waals surface area (Å²) in [5, 5.41) is 4.41. The lowest BCUT2D eigenvalue weighted by atomic mass is 10.0. The Bertz CT molecular complexity index is 475. The van der Waals surface area contributed by atoms with Gasteiger partial charge in [0.05, 0.1) is 5.52 Å². The lowest BCUT2D eigenvalue weighted by Gasteiger charge is -2.08. The normalized spacial score (nSPS) is 10.5. The van der Waals surface area contributed by atoms with Crippen LogP contribution >= 0.6 is 0 Å². The Hall–Kier alpha value is -1.57. The lowest BCUT2D eigenvalue weighted by Crippen LogP contribution is -1.93. The van der Waals surface area contributed by atoms with Gasteiger partial charge in [0, 0.05) is 24.3 Å². The molecule has 1 N–H and O–H groups in total. The van der Waals surface area contributed by atoms with Crippen LogP contribution in [0, 0.1) is 13.8 Å². The molecular weight excluding hydrogens is 172 g/mol. The molecule has 14 heavy (non-hydrogen) atoms. The minimum Gasteiger partial charge on any atom is -0.388 e. The van der Waals surface area contributed by atoms with Gasteiger partial charge in [-0.15, -0.1) is 0 Å². The summed E-state index contributed by atoms with van der Waals surface area (Å²) in [5.74, 6) is 0. The van der Waals surface area contributed by atoms with Gasteiger partial charge in [0.25, 0.3) is 0 Å². The van der Waals surface area contributed by atoms with Crippen molar-refractivity contribution in [2.45, 2.75) is 13.8 Å². The molecule has 1 aromatic heterocycles. The highest BCUT2D eigenvalue weighted by atomic mass is 14.8. The van der Waals surface area contributed by atoms with Gasteiger partial charge in [0.2, 0.25) is 0 Å². The van der Waals surface area contributed by atoms with Crippen molar-refractivity contribution in [1.29, 1.82) is 0 Å². The molecule has 0 unspecified atom stereocenters. The molecule has 72 valence electrons. The van der Waals surface area contributed by atoms with Gasteiger partial charge in [-0.05, 0) is 37.1 Å². The molecule has 0 spiro atoms. The summed E-state index contributed by atoms with van der Waals surface area (Å²) < 4.78 is 0. The van der Waals surface area contributed by atoms with E-state index >= 15 is 0 Å². The zero-order valence-electron chi connectivity index (χ0n) is 8.76. The summed E-state index contributed by atoms with van der Waals surface area (Å²) in [6.07, 6.45) is 1.84. The number of aryl methyl sites for hydroxylation is 2. The van der Waals surface area contributed by atoms with E-state index in [4.69, 9.17) is 0 Å². The van der Waals surface area contributed by atoms with E-state index in [0.717, 1.165) is 11.2 Å². The second-order valence-corrected chi connectivity index (χ2v) is 3.58. The van der Waals surface area contributed by atoms with Crippen molar-refractivity contribution < 1.29 is 0 Å². The van der Waals surface area contributed by atoms with Crippen LogP contribution in [-0.2, 0) is 0 Å². The number of fused-ring (bicyclic) bond motifs is 1. The maximum Gasteiger partial charge on any atom is 0.0728 e. The molecule has 0 amide bonds. The summed E-state index contributed by atoms with van der Waals surface area (Å²) in [6, 6.07) is 6.30. The third-order valence-corrected chi connectivity index (χ3v) is 2.45. The molecule has 2 aromatic rings. The molecule has 0 saturated carbocycles. The first-order chi connectivity index (χ1) is 6.72. The summed E-state index contributed by atoms with van der Waals surface area (Å²) in [7, 11) is 1.94. The van der Waals surface area contributed by atoms with E-state index in [2.05, 4.69) is 36.3 Å². The van der Waals surface area contributed by atoms with Gasteiger partial charge < -0.3 is 5.32 Å². The molecule has 0 aliphatic carbocycles. The van der Waals surface area contributed by atoms with Crippen LogP contribution in [0.4, 0.5) is 5.69 Å². The molecule has 2 heteroatoms. The van der Waals surface area contributed by atoms with Crippen LogP contribution in [0.1, 0.15) is 11.1 Å². The van der Waals surface area contributed by atoms with E-state index < -0.39 is 0 Å². The molecule has 0 saturated heterocycles. The van der Waals surface area contributed by atoms with Crippen LogP contribution in [0.15, 0.2) is 24.4 Å². The number of hydrogen-bond acceptors (Lipinski definition) is 2. The molecular formula is C12H14N2. The molecule has 2 nitrogen and oxygen atoms in total. The maximum absolute atomic E-state index is 4.37. The van der Waals surface area contributed by atoms with E-state index in [9.17, 15) is 0 Å². The standard InChI is InChI=1S/C12H14N2/c1-8-6-9(2)12-10(13-3)4-5-14-11(12)7-8/h4-7H,1-3H3,(H,13,14). The van der Waals surface area contributed by atoms with Crippen molar-refractivity contribution in [1.82, 2.24) is 4.98 Å². The van der Waals surface area contributed by atoms with Gasteiger partial charge in [-0.25, -0.2) is 0 Å². The Morgan fingerprint density at radius 3 is 2.71 bits per heavy atom. The van der Waals surface area contributed by atoms with Crippen LogP contribution in [0.25, 0.3) is 10.9 Å². The van der Waals surface area contributed by atoms with Crippen LogP contribution < -0.4 is 5.32 Å². The van der Waals surface area contributed by atoms with Gasteiger partial charge >= 0.3 is 0 Å². The topological polar surface area (TPSA) is 24.9 Å². The van der Waals surface area contributed by atoms with E-state index in [0.29, 0.717) is 0 Å². The average Bonchev–Trinajstić information content (AvgIpc) is 2.16. The monoisotopic (exact) mass is 186 g/mol. The number of nitrogens with one attached hydrogen (secondary N) is 1. The van der Waals surface area contributed by atoms with Crippen LogP contribution in [0.5, 0.6) is 0 Å². The summed E-state index contributed by atoms with van der Waals surface area (Å²) >= 11 is 0. The van der Waals surface area contributed by atoms with Crippen LogP contribution in [0.3, 0.4) is 0 Å².